The maximum atomic E-state index is 12.4. The van der Waals surface area contributed by atoms with Gasteiger partial charge in [-0.3, -0.25) is 13.9 Å². The molecule has 7 heteroatoms. The summed E-state index contributed by atoms with van der Waals surface area (Å²) in [5.74, 6) is 0.747. The van der Waals surface area contributed by atoms with E-state index >= 15 is 0 Å². The molecule has 1 atom stereocenters. The molecule has 0 radical (unpaired) electrons. The molecule has 0 bridgehead atoms. The van der Waals surface area contributed by atoms with E-state index in [0.717, 1.165) is 42.7 Å². The van der Waals surface area contributed by atoms with Gasteiger partial charge in [0.1, 0.15) is 11.3 Å². The second-order valence-corrected chi connectivity index (χ2v) is 5.52. The Morgan fingerprint density at radius 1 is 1.43 bits per heavy atom. The number of nitrogens with one attached hydrogen (secondary N) is 1. The van der Waals surface area contributed by atoms with Gasteiger partial charge in [-0.15, -0.1) is 0 Å². The average molecular weight is 292 g/mol. The van der Waals surface area contributed by atoms with Crippen molar-refractivity contribution in [1.82, 2.24) is 19.1 Å². The highest BCUT2D eigenvalue weighted by molar-refractivity contribution is 5.69. The number of rotatable bonds is 4. The molecule has 1 fully saturated rings. The fourth-order valence-electron chi connectivity index (χ4n) is 2.79. The number of imidazole rings is 1. The van der Waals surface area contributed by atoms with Crippen LogP contribution in [0.5, 0.6) is 0 Å². The normalized spacial score (nSPS) is 18.7. The van der Waals surface area contributed by atoms with Crippen LogP contribution in [-0.2, 0) is 24.8 Å². The van der Waals surface area contributed by atoms with Crippen LogP contribution >= 0.6 is 0 Å². The molecule has 7 nitrogen and oxygen atoms in total. The van der Waals surface area contributed by atoms with Crippen molar-refractivity contribution in [1.29, 1.82) is 0 Å². The van der Waals surface area contributed by atoms with Gasteiger partial charge in [-0.25, -0.2) is 9.78 Å². The molecule has 114 valence electrons. The first-order valence-electron chi connectivity index (χ1n) is 7.41. The zero-order valence-corrected chi connectivity index (χ0v) is 12.4. The third-order valence-corrected chi connectivity index (χ3v) is 3.92. The standard InChI is InChI=1S/C14H20N4O3/c1-3-5-10-15-11-12(16-10)18(8-9-6-4-7-21-9)14(20)17(2)13(11)19/h9H,3-8H2,1-2H3,(H,15,16). The minimum atomic E-state index is -0.336. The van der Waals surface area contributed by atoms with Gasteiger partial charge in [0.2, 0.25) is 0 Å². The maximum Gasteiger partial charge on any atom is 0.332 e. The molecule has 1 aliphatic rings. The van der Waals surface area contributed by atoms with Crippen molar-refractivity contribution in [2.75, 3.05) is 6.61 Å². The molecule has 0 spiro atoms. The fraction of sp³-hybridized carbons (Fsp3) is 0.643. The first-order chi connectivity index (χ1) is 10.1. The van der Waals surface area contributed by atoms with Crippen LogP contribution in [0.4, 0.5) is 0 Å². The number of hydrogen-bond donors (Lipinski definition) is 1. The Balaban J connectivity index is 2.15. The predicted molar refractivity (Wildman–Crippen MR) is 78.6 cm³/mol. The van der Waals surface area contributed by atoms with Crippen LogP contribution in [0.15, 0.2) is 9.59 Å². The zero-order valence-electron chi connectivity index (χ0n) is 12.4. The Morgan fingerprint density at radius 2 is 2.24 bits per heavy atom. The van der Waals surface area contributed by atoms with E-state index in [9.17, 15) is 9.59 Å². The van der Waals surface area contributed by atoms with Crippen LogP contribution in [0.2, 0.25) is 0 Å². The van der Waals surface area contributed by atoms with E-state index in [1.807, 2.05) is 6.92 Å². The van der Waals surface area contributed by atoms with E-state index in [1.54, 1.807) is 4.57 Å². The second kappa shape index (κ2) is 5.48. The van der Waals surface area contributed by atoms with E-state index < -0.39 is 0 Å². The fourth-order valence-corrected chi connectivity index (χ4v) is 2.79. The monoisotopic (exact) mass is 292 g/mol. The lowest BCUT2D eigenvalue weighted by Crippen LogP contribution is -2.40. The average Bonchev–Trinajstić information content (AvgIpc) is 3.11. The lowest BCUT2D eigenvalue weighted by Gasteiger charge is -2.13. The van der Waals surface area contributed by atoms with Crippen molar-refractivity contribution in [3.05, 3.63) is 26.7 Å². The summed E-state index contributed by atoms with van der Waals surface area (Å²) in [7, 11) is 1.50. The lowest BCUT2D eigenvalue weighted by molar-refractivity contribution is 0.0964. The number of hydrogen-bond acceptors (Lipinski definition) is 4. The molecule has 0 amide bonds. The Labute approximate surface area is 121 Å². The maximum absolute atomic E-state index is 12.4. The van der Waals surface area contributed by atoms with Gasteiger partial charge in [-0.1, -0.05) is 6.92 Å². The van der Waals surface area contributed by atoms with E-state index in [-0.39, 0.29) is 17.4 Å². The summed E-state index contributed by atoms with van der Waals surface area (Å²) in [5.41, 5.74) is 0.187. The molecule has 2 aromatic heterocycles. The van der Waals surface area contributed by atoms with Gasteiger partial charge in [-0.2, -0.15) is 0 Å². The first kappa shape index (κ1) is 14.1. The van der Waals surface area contributed by atoms with Gasteiger partial charge in [0.15, 0.2) is 5.65 Å². The van der Waals surface area contributed by atoms with Crippen molar-refractivity contribution in [3.63, 3.8) is 0 Å². The third kappa shape index (κ3) is 2.42. The molecule has 3 heterocycles. The molecular formula is C14H20N4O3. The number of H-pyrrole nitrogens is 1. The van der Waals surface area contributed by atoms with Crippen molar-refractivity contribution >= 4 is 11.2 Å². The topological polar surface area (TPSA) is 81.9 Å². The highest BCUT2D eigenvalue weighted by atomic mass is 16.5. The molecule has 1 N–H and O–H groups in total. The molecule has 1 aliphatic heterocycles. The van der Waals surface area contributed by atoms with Crippen LogP contribution < -0.4 is 11.2 Å². The van der Waals surface area contributed by atoms with Crippen LogP contribution in [-0.4, -0.2) is 31.8 Å². The summed E-state index contributed by atoms with van der Waals surface area (Å²) in [6.45, 7) is 3.22. The summed E-state index contributed by atoms with van der Waals surface area (Å²) in [6.07, 6.45) is 3.65. The smallest absolute Gasteiger partial charge is 0.332 e. The highest BCUT2D eigenvalue weighted by Gasteiger charge is 2.21. The number of nitrogens with zero attached hydrogens (tertiary/aromatic N) is 3. The SMILES string of the molecule is CCCc1nc2c([nH]1)c(=O)n(C)c(=O)n2CC1CCCO1. The zero-order chi connectivity index (χ0) is 15.0. The van der Waals surface area contributed by atoms with Crippen molar-refractivity contribution in [3.8, 4) is 0 Å². The molecular weight excluding hydrogens is 272 g/mol. The largest absolute Gasteiger partial charge is 0.376 e. The van der Waals surface area contributed by atoms with E-state index in [0.29, 0.717) is 17.7 Å². The van der Waals surface area contributed by atoms with Crippen LogP contribution in [0.25, 0.3) is 11.2 Å². The predicted octanol–water partition coefficient (Wildman–Crippen LogP) is 0.555. The van der Waals surface area contributed by atoms with Gasteiger partial charge in [0.25, 0.3) is 5.56 Å². The van der Waals surface area contributed by atoms with E-state index in [4.69, 9.17) is 4.74 Å². The Morgan fingerprint density at radius 3 is 2.90 bits per heavy atom. The molecule has 1 saturated heterocycles. The Kier molecular flexibility index (Phi) is 3.67. The Bertz CT molecular complexity index is 765. The van der Waals surface area contributed by atoms with Crippen molar-refractivity contribution in [2.45, 2.75) is 45.3 Å². The number of aryl methyl sites for hydroxylation is 1. The van der Waals surface area contributed by atoms with Gasteiger partial charge in [-0.05, 0) is 19.3 Å². The van der Waals surface area contributed by atoms with Gasteiger partial charge in [0.05, 0.1) is 12.6 Å². The number of fused-ring (bicyclic) bond motifs is 1. The summed E-state index contributed by atoms with van der Waals surface area (Å²) < 4.78 is 8.29. The van der Waals surface area contributed by atoms with Gasteiger partial charge in [0, 0.05) is 20.1 Å². The minimum absolute atomic E-state index is 0.0229. The second-order valence-electron chi connectivity index (χ2n) is 5.52. The van der Waals surface area contributed by atoms with E-state index in [2.05, 4.69) is 9.97 Å². The van der Waals surface area contributed by atoms with Crippen LogP contribution in [0.1, 0.15) is 32.0 Å². The summed E-state index contributed by atoms with van der Waals surface area (Å²) in [4.78, 5) is 32.1. The molecule has 2 aromatic rings. The molecule has 21 heavy (non-hydrogen) atoms. The number of aromatic nitrogens is 4. The summed E-state index contributed by atoms with van der Waals surface area (Å²) >= 11 is 0. The molecule has 0 saturated carbocycles. The molecule has 0 aliphatic carbocycles. The number of aromatic amines is 1. The summed E-state index contributed by atoms with van der Waals surface area (Å²) in [5, 5.41) is 0. The van der Waals surface area contributed by atoms with Gasteiger partial charge >= 0.3 is 5.69 Å². The lowest BCUT2D eigenvalue weighted by atomic mass is 10.2. The van der Waals surface area contributed by atoms with Crippen LogP contribution in [0, 0.1) is 0 Å². The Hall–Kier alpha value is -1.89. The molecule has 0 aromatic carbocycles. The molecule has 1 unspecified atom stereocenters. The highest BCUT2D eigenvalue weighted by Crippen LogP contribution is 2.15. The van der Waals surface area contributed by atoms with Crippen LogP contribution in [0.3, 0.4) is 0 Å². The first-order valence-corrected chi connectivity index (χ1v) is 7.41. The molecule has 3 rings (SSSR count). The minimum Gasteiger partial charge on any atom is -0.376 e. The van der Waals surface area contributed by atoms with Crippen molar-refractivity contribution in [2.24, 2.45) is 7.05 Å². The van der Waals surface area contributed by atoms with Gasteiger partial charge < -0.3 is 9.72 Å². The third-order valence-electron chi connectivity index (χ3n) is 3.92. The van der Waals surface area contributed by atoms with E-state index in [1.165, 1.54) is 7.05 Å². The summed E-state index contributed by atoms with van der Waals surface area (Å²) in [6, 6.07) is 0. The quantitative estimate of drug-likeness (QED) is 0.892. The van der Waals surface area contributed by atoms with Crippen molar-refractivity contribution < 1.29 is 4.74 Å². The number of ether oxygens (including phenoxy) is 1.